The minimum absolute atomic E-state index is 0.140. The number of morpholine rings is 1. The molecule has 2 heterocycles. The van der Waals surface area contributed by atoms with Crippen molar-refractivity contribution in [3.8, 4) is 11.5 Å². The molecule has 0 spiro atoms. The minimum atomic E-state index is -0.727. The molecule has 8 heteroatoms. The molecule has 8 nitrogen and oxygen atoms in total. The highest BCUT2D eigenvalue weighted by Crippen LogP contribution is 2.35. The third kappa shape index (κ3) is 5.01. The second-order valence-corrected chi connectivity index (χ2v) is 8.38. The summed E-state index contributed by atoms with van der Waals surface area (Å²) in [6, 6.07) is 9.96. The number of anilines is 1. The third-order valence-corrected chi connectivity index (χ3v) is 5.79. The van der Waals surface area contributed by atoms with Gasteiger partial charge >= 0.3 is 0 Å². The number of hydrogen-bond donors (Lipinski definition) is 0. The van der Waals surface area contributed by atoms with Gasteiger partial charge in [0.2, 0.25) is 5.91 Å². The number of carbonyl (C=O) groups excluding carboxylic acids is 3. The van der Waals surface area contributed by atoms with Crippen molar-refractivity contribution in [3.05, 3.63) is 53.1 Å². The first kappa shape index (κ1) is 22.8. The molecule has 1 saturated heterocycles. The number of rotatable bonds is 6. The van der Waals surface area contributed by atoms with Crippen molar-refractivity contribution in [1.82, 2.24) is 4.90 Å². The van der Waals surface area contributed by atoms with Crippen molar-refractivity contribution >= 4 is 23.3 Å². The van der Waals surface area contributed by atoms with Crippen molar-refractivity contribution < 1.29 is 28.6 Å². The zero-order valence-corrected chi connectivity index (χ0v) is 19.1. The van der Waals surface area contributed by atoms with Gasteiger partial charge in [-0.15, -0.1) is 0 Å². The van der Waals surface area contributed by atoms with Crippen LogP contribution >= 0.6 is 0 Å². The van der Waals surface area contributed by atoms with E-state index < -0.39 is 6.04 Å². The molecule has 1 unspecified atom stereocenters. The monoisotopic (exact) mass is 452 g/mol. The molecule has 2 aromatic carbocycles. The van der Waals surface area contributed by atoms with E-state index >= 15 is 0 Å². The van der Waals surface area contributed by atoms with Gasteiger partial charge in [-0.1, -0.05) is 6.07 Å². The summed E-state index contributed by atoms with van der Waals surface area (Å²) in [5, 5.41) is 0. The van der Waals surface area contributed by atoms with Gasteiger partial charge in [0.15, 0.2) is 19.0 Å². The molecule has 33 heavy (non-hydrogen) atoms. The first-order chi connectivity index (χ1) is 15.8. The highest BCUT2D eigenvalue weighted by molar-refractivity contribution is 6.05. The number of benzene rings is 2. The zero-order chi connectivity index (χ0) is 23.5. The molecule has 0 radical (unpaired) electrons. The van der Waals surface area contributed by atoms with E-state index in [1.165, 1.54) is 4.90 Å². The van der Waals surface area contributed by atoms with Crippen molar-refractivity contribution in [2.75, 3.05) is 44.4 Å². The van der Waals surface area contributed by atoms with Crippen LogP contribution in [0, 0.1) is 13.8 Å². The summed E-state index contributed by atoms with van der Waals surface area (Å²) in [7, 11) is 0. The summed E-state index contributed by atoms with van der Waals surface area (Å²) in [5.74, 6) is 0.371. The number of nitrogens with zero attached hydrogens (tertiary/aromatic N) is 2. The second kappa shape index (κ2) is 9.62. The quantitative estimate of drug-likeness (QED) is 0.627. The van der Waals surface area contributed by atoms with Gasteiger partial charge in [0.25, 0.3) is 5.91 Å². The van der Waals surface area contributed by atoms with Crippen LogP contribution in [0.25, 0.3) is 0 Å². The molecule has 2 aromatic rings. The number of fused-ring (bicyclic) bond motifs is 1. The molecule has 2 amide bonds. The highest BCUT2D eigenvalue weighted by Gasteiger charge is 2.36. The van der Waals surface area contributed by atoms with Crippen molar-refractivity contribution in [2.24, 2.45) is 0 Å². The molecule has 174 valence electrons. The number of Topliss-reactive ketones (excluding diaryl/α,β-unsaturated/α-hetero) is 1. The Kier molecular flexibility index (Phi) is 6.65. The summed E-state index contributed by atoms with van der Waals surface area (Å²) in [6.45, 7) is 7.27. The smallest absolute Gasteiger partial charge is 0.265 e. The Bertz CT molecular complexity index is 1060. The standard InChI is InChI=1S/C25H28N2O6/c1-16-10-17(2)12-20(11-16)32-14-22(28)19-4-5-23-21(13-19)27(24(29)15-33-23)18(3)25(30)26-6-8-31-9-7-26/h4-5,10-13,18H,6-9,14-15H2,1-3H3. The van der Waals surface area contributed by atoms with E-state index in [0.29, 0.717) is 49.1 Å². The first-order valence-electron chi connectivity index (χ1n) is 11.0. The van der Waals surface area contributed by atoms with Crippen LogP contribution in [-0.2, 0) is 14.3 Å². The van der Waals surface area contributed by atoms with Crippen LogP contribution in [0.4, 0.5) is 5.69 Å². The minimum Gasteiger partial charge on any atom is -0.485 e. The van der Waals surface area contributed by atoms with E-state index in [0.717, 1.165) is 11.1 Å². The zero-order valence-electron chi connectivity index (χ0n) is 19.1. The lowest BCUT2D eigenvalue weighted by Gasteiger charge is -2.37. The normalized spacial score (nSPS) is 16.6. The van der Waals surface area contributed by atoms with Gasteiger partial charge in [-0.2, -0.15) is 0 Å². The maximum atomic E-state index is 13.0. The van der Waals surface area contributed by atoms with Gasteiger partial charge < -0.3 is 19.1 Å². The average molecular weight is 453 g/mol. The van der Waals surface area contributed by atoms with E-state index in [-0.39, 0.29) is 30.8 Å². The van der Waals surface area contributed by atoms with Crippen LogP contribution in [-0.4, -0.2) is 68.1 Å². The van der Waals surface area contributed by atoms with Crippen LogP contribution < -0.4 is 14.4 Å². The lowest BCUT2D eigenvalue weighted by Crippen LogP contribution is -2.54. The van der Waals surface area contributed by atoms with Crippen LogP contribution in [0.2, 0.25) is 0 Å². The maximum Gasteiger partial charge on any atom is 0.265 e. The Labute approximate surface area is 193 Å². The average Bonchev–Trinajstić information content (AvgIpc) is 2.81. The van der Waals surface area contributed by atoms with E-state index in [4.69, 9.17) is 14.2 Å². The number of ketones is 1. The lowest BCUT2D eigenvalue weighted by molar-refractivity contribution is -0.138. The summed E-state index contributed by atoms with van der Waals surface area (Å²) < 4.78 is 16.6. The van der Waals surface area contributed by atoms with Crippen LogP contribution in [0.5, 0.6) is 11.5 Å². The third-order valence-electron chi connectivity index (χ3n) is 5.79. The summed E-state index contributed by atoms with van der Waals surface area (Å²) >= 11 is 0. The van der Waals surface area contributed by atoms with Gasteiger partial charge in [-0.3, -0.25) is 19.3 Å². The fourth-order valence-electron chi connectivity index (χ4n) is 4.18. The van der Waals surface area contributed by atoms with Crippen LogP contribution in [0.3, 0.4) is 0 Å². The lowest BCUT2D eigenvalue weighted by atomic mass is 10.1. The predicted molar refractivity (Wildman–Crippen MR) is 122 cm³/mol. The van der Waals surface area contributed by atoms with Crippen molar-refractivity contribution in [2.45, 2.75) is 26.8 Å². The molecule has 0 saturated carbocycles. The molecule has 4 rings (SSSR count). The molecular weight excluding hydrogens is 424 g/mol. The fraction of sp³-hybridized carbons (Fsp3) is 0.400. The molecule has 0 aromatic heterocycles. The Morgan fingerprint density at radius 1 is 1.06 bits per heavy atom. The van der Waals surface area contributed by atoms with Gasteiger partial charge in [-0.05, 0) is 62.2 Å². The predicted octanol–water partition coefficient (Wildman–Crippen LogP) is 2.54. The second-order valence-electron chi connectivity index (χ2n) is 8.38. The van der Waals surface area contributed by atoms with Gasteiger partial charge in [0, 0.05) is 18.7 Å². The molecule has 1 fully saturated rings. The molecule has 2 aliphatic rings. The Morgan fingerprint density at radius 2 is 1.76 bits per heavy atom. The van der Waals surface area contributed by atoms with Gasteiger partial charge in [0.05, 0.1) is 18.9 Å². The van der Waals surface area contributed by atoms with Gasteiger partial charge in [-0.25, -0.2) is 0 Å². The van der Waals surface area contributed by atoms with Crippen molar-refractivity contribution in [3.63, 3.8) is 0 Å². The summed E-state index contributed by atoms with van der Waals surface area (Å²) in [4.78, 5) is 41.8. The Balaban J connectivity index is 1.53. The molecule has 1 atom stereocenters. The van der Waals surface area contributed by atoms with Crippen LogP contribution in [0.15, 0.2) is 36.4 Å². The fourth-order valence-corrected chi connectivity index (χ4v) is 4.18. The Morgan fingerprint density at radius 3 is 2.45 bits per heavy atom. The first-order valence-corrected chi connectivity index (χ1v) is 11.0. The SMILES string of the molecule is Cc1cc(C)cc(OCC(=O)c2ccc3c(c2)N(C(C)C(=O)N2CCOCC2)C(=O)CO3)c1. The van der Waals surface area contributed by atoms with Crippen LogP contribution in [0.1, 0.15) is 28.4 Å². The van der Waals surface area contributed by atoms with E-state index in [1.54, 1.807) is 30.0 Å². The van der Waals surface area contributed by atoms with Gasteiger partial charge in [0.1, 0.15) is 17.5 Å². The number of hydrogen-bond acceptors (Lipinski definition) is 6. The summed E-state index contributed by atoms with van der Waals surface area (Å²) in [5.41, 5.74) is 2.90. The van der Waals surface area contributed by atoms with Crippen molar-refractivity contribution in [1.29, 1.82) is 0 Å². The number of ether oxygens (including phenoxy) is 3. The van der Waals surface area contributed by atoms with E-state index in [1.807, 2.05) is 32.0 Å². The molecule has 0 N–H and O–H groups in total. The molecule has 2 aliphatic heterocycles. The summed E-state index contributed by atoms with van der Waals surface area (Å²) in [6.07, 6.45) is 0. The molecule has 0 bridgehead atoms. The maximum absolute atomic E-state index is 13.0. The topological polar surface area (TPSA) is 85.4 Å². The van der Waals surface area contributed by atoms with E-state index in [2.05, 4.69) is 0 Å². The number of amides is 2. The molecule has 0 aliphatic carbocycles. The number of aryl methyl sites for hydroxylation is 2. The Hall–Kier alpha value is -3.39. The number of carbonyl (C=O) groups is 3. The highest BCUT2D eigenvalue weighted by atomic mass is 16.5. The molecular formula is C25H28N2O6. The van der Waals surface area contributed by atoms with E-state index in [9.17, 15) is 14.4 Å². The largest absolute Gasteiger partial charge is 0.485 e.